The first-order valence-electron chi connectivity index (χ1n) is 9.58. The lowest BCUT2D eigenvalue weighted by Gasteiger charge is -2.24. The zero-order valence-corrected chi connectivity index (χ0v) is 19.0. The Balaban J connectivity index is 0.00000261. The molecule has 0 bridgehead atoms. The van der Waals surface area contributed by atoms with Gasteiger partial charge in [0.15, 0.2) is 5.96 Å². The molecule has 1 unspecified atom stereocenters. The lowest BCUT2D eigenvalue weighted by molar-refractivity contribution is 0.499. The number of hydrogen-bond donors (Lipinski definition) is 2. The number of aromatic nitrogens is 3. The second kappa shape index (κ2) is 10.1. The van der Waals surface area contributed by atoms with Gasteiger partial charge >= 0.3 is 0 Å². The van der Waals surface area contributed by atoms with Gasteiger partial charge in [-0.15, -0.1) is 24.0 Å². The van der Waals surface area contributed by atoms with Gasteiger partial charge in [-0.3, -0.25) is 9.67 Å². The average molecular weight is 482 g/mol. The topological polar surface area (TPSA) is 67.1 Å². The van der Waals surface area contributed by atoms with Crippen LogP contribution in [0.1, 0.15) is 55.7 Å². The van der Waals surface area contributed by atoms with Gasteiger partial charge in [-0.1, -0.05) is 6.07 Å². The summed E-state index contributed by atoms with van der Waals surface area (Å²) in [5.74, 6) is 0.866. The number of pyridine rings is 1. The highest BCUT2D eigenvalue weighted by Gasteiger charge is 2.22. The molecule has 1 atom stereocenters. The van der Waals surface area contributed by atoms with Crippen LogP contribution in [0.4, 0.5) is 0 Å². The number of guanidine groups is 1. The number of nitrogens with one attached hydrogen (secondary N) is 2. The van der Waals surface area contributed by atoms with E-state index in [4.69, 9.17) is 10.1 Å². The average Bonchev–Trinajstić information content (AvgIpc) is 3.05. The molecule has 0 amide bonds. The van der Waals surface area contributed by atoms with Crippen LogP contribution in [0, 0.1) is 6.92 Å². The first-order chi connectivity index (χ1) is 12.5. The van der Waals surface area contributed by atoms with Crippen LogP contribution in [0.3, 0.4) is 0 Å². The van der Waals surface area contributed by atoms with Crippen molar-refractivity contribution in [3.8, 4) is 0 Å². The molecule has 2 aromatic heterocycles. The summed E-state index contributed by atoms with van der Waals surface area (Å²) in [6.07, 6.45) is 7.23. The third-order valence-electron chi connectivity index (χ3n) is 4.70. The van der Waals surface area contributed by atoms with E-state index in [0.29, 0.717) is 18.6 Å². The minimum atomic E-state index is 0. The van der Waals surface area contributed by atoms with E-state index in [1.807, 2.05) is 19.2 Å². The van der Waals surface area contributed by atoms with Gasteiger partial charge in [0.1, 0.15) is 0 Å². The van der Waals surface area contributed by atoms with Crippen molar-refractivity contribution in [3.63, 3.8) is 0 Å². The fourth-order valence-corrected chi connectivity index (χ4v) is 3.18. The molecular weight excluding hydrogens is 451 g/mol. The Bertz CT molecular complexity index is 750. The lowest BCUT2D eigenvalue weighted by atomic mass is 9.94. The third-order valence-corrected chi connectivity index (χ3v) is 4.70. The van der Waals surface area contributed by atoms with Crippen molar-refractivity contribution in [2.24, 2.45) is 4.99 Å². The quantitative estimate of drug-likeness (QED) is 0.390. The molecule has 6 nitrogen and oxygen atoms in total. The maximum absolute atomic E-state index is 4.76. The van der Waals surface area contributed by atoms with Crippen molar-refractivity contribution in [1.82, 2.24) is 25.4 Å². The summed E-state index contributed by atoms with van der Waals surface area (Å²) in [4.78, 5) is 9.07. The molecule has 0 saturated heterocycles. The van der Waals surface area contributed by atoms with Gasteiger partial charge in [-0.2, -0.15) is 5.10 Å². The Labute approximate surface area is 179 Å². The Morgan fingerprint density at radius 3 is 2.85 bits per heavy atom. The van der Waals surface area contributed by atoms with E-state index in [0.717, 1.165) is 43.0 Å². The molecule has 27 heavy (non-hydrogen) atoms. The normalized spacial score (nSPS) is 16.6. The summed E-state index contributed by atoms with van der Waals surface area (Å²) in [6, 6.07) is 4.89. The van der Waals surface area contributed by atoms with Crippen LogP contribution in [0.2, 0.25) is 0 Å². The summed E-state index contributed by atoms with van der Waals surface area (Å²) in [5, 5.41) is 11.7. The Kier molecular flexibility index (Phi) is 8.07. The van der Waals surface area contributed by atoms with Crippen LogP contribution >= 0.6 is 24.0 Å². The second-order valence-corrected chi connectivity index (χ2v) is 7.26. The molecule has 2 aromatic rings. The smallest absolute Gasteiger partial charge is 0.191 e. The monoisotopic (exact) mass is 482 g/mol. The van der Waals surface area contributed by atoms with E-state index in [2.05, 4.69) is 53.3 Å². The zero-order chi connectivity index (χ0) is 18.5. The Hall–Kier alpha value is -1.64. The molecule has 0 radical (unpaired) electrons. The molecular formula is C20H31IN6. The van der Waals surface area contributed by atoms with Gasteiger partial charge in [0.25, 0.3) is 0 Å². The van der Waals surface area contributed by atoms with Gasteiger partial charge in [-0.05, 0) is 57.7 Å². The molecule has 0 aromatic carbocycles. The van der Waals surface area contributed by atoms with Crippen molar-refractivity contribution in [2.75, 3.05) is 6.54 Å². The zero-order valence-electron chi connectivity index (χ0n) is 16.7. The Morgan fingerprint density at radius 2 is 2.19 bits per heavy atom. The van der Waals surface area contributed by atoms with Gasteiger partial charge < -0.3 is 10.6 Å². The summed E-state index contributed by atoms with van der Waals surface area (Å²) >= 11 is 0. The van der Waals surface area contributed by atoms with Crippen LogP contribution in [-0.2, 0) is 19.4 Å². The molecule has 7 heteroatoms. The molecule has 0 spiro atoms. The summed E-state index contributed by atoms with van der Waals surface area (Å²) in [5.41, 5.74) is 4.77. The number of aliphatic imine (C=N–C) groups is 1. The minimum Gasteiger partial charge on any atom is -0.357 e. The molecule has 0 fully saturated rings. The first-order valence-corrected chi connectivity index (χ1v) is 9.58. The van der Waals surface area contributed by atoms with Crippen LogP contribution in [0.15, 0.2) is 29.5 Å². The molecule has 1 aliphatic rings. The summed E-state index contributed by atoms with van der Waals surface area (Å²) in [6.45, 7) is 9.90. The molecule has 2 heterocycles. The van der Waals surface area contributed by atoms with Crippen molar-refractivity contribution in [2.45, 2.75) is 65.6 Å². The molecule has 148 valence electrons. The number of rotatable bonds is 5. The summed E-state index contributed by atoms with van der Waals surface area (Å²) in [7, 11) is 0. The van der Waals surface area contributed by atoms with Crippen molar-refractivity contribution in [1.29, 1.82) is 0 Å². The fourth-order valence-electron chi connectivity index (χ4n) is 3.18. The minimum absolute atomic E-state index is 0. The number of halogens is 1. The second-order valence-electron chi connectivity index (χ2n) is 7.26. The van der Waals surface area contributed by atoms with Crippen LogP contribution in [0.5, 0.6) is 0 Å². The summed E-state index contributed by atoms with van der Waals surface area (Å²) < 4.78 is 2.08. The van der Waals surface area contributed by atoms with Crippen molar-refractivity contribution < 1.29 is 0 Å². The van der Waals surface area contributed by atoms with Crippen molar-refractivity contribution >= 4 is 29.9 Å². The van der Waals surface area contributed by atoms with Crippen LogP contribution in [0.25, 0.3) is 0 Å². The standard InChI is InChI=1S/C20H30N6.HI/c1-5-21-20(23-12-16-7-6-15(4)22-11-16)24-18-9-8-17-13-26(14(2)3)25-19(17)10-18;/h6-7,11,13-14,18H,5,8-10,12H2,1-4H3,(H2,21,23,24);1H. The highest BCUT2D eigenvalue weighted by Crippen LogP contribution is 2.21. The van der Waals surface area contributed by atoms with E-state index in [1.54, 1.807) is 0 Å². The third kappa shape index (κ3) is 5.92. The van der Waals surface area contributed by atoms with E-state index in [9.17, 15) is 0 Å². The Morgan fingerprint density at radius 1 is 1.37 bits per heavy atom. The highest BCUT2D eigenvalue weighted by atomic mass is 127. The number of fused-ring (bicyclic) bond motifs is 1. The largest absolute Gasteiger partial charge is 0.357 e. The predicted octanol–water partition coefficient (Wildman–Crippen LogP) is 3.40. The van der Waals surface area contributed by atoms with E-state index in [-0.39, 0.29) is 24.0 Å². The van der Waals surface area contributed by atoms with E-state index < -0.39 is 0 Å². The lowest BCUT2D eigenvalue weighted by Crippen LogP contribution is -2.45. The van der Waals surface area contributed by atoms with Gasteiger partial charge in [0.2, 0.25) is 0 Å². The van der Waals surface area contributed by atoms with Gasteiger partial charge in [0, 0.05) is 43.1 Å². The number of aryl methyl sites for hydroxylation is 2. The first kappa shape index (κ1) is 21.7. The molecule has 2 N–H and O–H groups in total. The molecule has 0 saturated carbocycles. The molecule has 0 aliphatic heterocycles. The molecule has 3 rings (SSSR count). The molecule has 1 aliphatic carbocycles. The highest BCUT2D eigenvalue weighted by molar-refractivity contribution is 14.0. The maximum Gasteiger partial charge on any atom is 0.191 e. The van der Waals surface area contributed by atoms with E-state index >= 15 is 0 Å². The maximum atomic E-state index is 4.76. The van der Waals surface area contributed by atoms with Gasteiger partial charge in [0.05, 0.1) is 12.2 Å². The number of hydrogen-bond acceptors (Lipinski definition) is 3. The van der Waals surface area contributed by atoms with Crippen LogP contribution < -0.4 is 10.6 Å². The number of nitrogens with zero attached hydrogens (tertiary/aromatic N) is 4. The van der Waals surface area contributed by atoms with Gasteiger partial charge in [-0.25, -0.2) is 4.99 Å². The predicted molar refractivity (Wildman–Crippen MR) is 121 cm³/mol. The van der Waals surface area contributed by atoms with Crippen LogP contribution in [-0.4, -0.2) is 33.3 Å². The SMILES string of the molecule is CCNC(=NCc1ccc(C)nc1)NC1CCc2cn(C(C)C)nc2C1.I. The fraction of sp³-hybridized carbons (Fsp3) is 0.550. The van der Waals surface area contributed by atoms with Crippen molar-refractivity contribution in [3.05, 3.63) is 47.0 Å². The van der Waals surface area contributed by atoms with E-state index in [1.165, 1.54) is 11.3 Å².